The number of benzene rings is 1. The molecule has 5 heteroatoms. The normalized spacial score (nSPS) is 23.0. The molecule has 2 rings (SSSR count). The number of carbonyl (C=O) groups excluding carboxylic acids is 1. The van der Waals surface area contributed by atoms with E-state index in [2.05, 4.69) is 6.92 Å². The molecular weight excluding hydrogens is 308 g/mol. The third-order valence-electron chi connectivity index (χ3n) is 4.52. The smallest absolute Gasteiger partial charge is 0.0801 e. The highest BCUT2D eigenvalue weighted by molar-refractivity contribution is 5.65. The maximum absolute atomic E-state index is 10.4. The van der Waals surface area contributed by atoms with E-state index < -0.39 is 30.7 Å². The molecule has 4 atom stereocenters. The number of aryl methyl sites for hydroxylation is 1. The topological polar surface area (TPSA) is 101 Å². The number of fused-ring (bicyclic) bond motifs is 1. The largest absolute Gasteiger partial charge is 0.550 e. The summed E-state index contributed by atoms with van der Waals surface area (Å²) in [5.41, 5.74) is 3.92. The number of carboxylic acids is 1. The molecule has 0 aliphatic heterocycles. The van der Waals surface area contributed by atoms with Gasteiger partial charge in [-0.3, -0.25) is 0 Å². The fourth-order valence-corrected chi connectivity index (χ4v) is 3.38. The summed E-state index contributed by atoms with van der Waals surface area (Å²) < 4.78 is 0. The molecule has 24 heavy (non-hydrogen) atoms. The van der Waals surface area contributed by atoms with E-state index in [1.54, 1.807) is 6.08 Å². The van der Waals surface area contributed by atoms with Gasteiger partial charge < -0.3 is 25.2 Å². The van der Waals surface area contributed by atoms with Gasteiger partial charge in [-0.1, -0.05) is 31.2 Å². The van der Waals surface area contributed by atoms with Crippen molar-refractivity contribution in [3.05, 3.63) is 40.5 Å². The van der Waals surface area contributed by atoms with Crippen LogP contribution in [-0.2, 0) is 11.2 Å². The van der Waals surface area contributed by atoms with Crippen LogP contribution in [0.1, 0.15) is 54.5 Å². The zero-order chi connectivity index (χ0) is 17.9. The summed E-state index contributed by atoms with van der Waals surface area (Å²) >= 11 is 0. The summed E-state index contributed by atoms with van der Waals surface area (Å²) in [4.78, 5) is 10.4. The summed E-state index contributed by atoms with van der Waals surface area (Å²) in [6.45, 7) is 4.06. The summed E-state index contributed by atoms with van der Waals surface area (Å²) in [7, 11) is 0. The average molecular weight is 333 g/mol. The van der Waals surface area contributed by atoms with Gasteiger partial charge in [0.2, 0.25) is 0 Å². The minimum atomic E-state index is -1.34. The highest BCUT2D eigenvalue weighted by Gasteiger charge is 2.25. The van der Waals surface area contributed by atoms with Gasteiger partial charge in [0.15, 0.2) is 0 Å². The molecule has 0 saturated carbocycles. The standard InChI is InChI=1S/C19H26O5/c1-11-7-13-4-3-12(2)16(19(13)17(22)8-11)6-5-14(20)9-15(21)10-18(23)24/h3-6,11,14-15,17,20-22H,7-10H2,1-2H3,(H,23,24)/p-1/b6-5+/t11-,14?,15?,17?/m1/s1. The van der Waals surface area contributed by atoms with Gasteiger partial charge in [-0.25, -0.2) is 0 Å². The molecule has 3 N–H and O–H groups in total. The third-order valence-corrected chi connectivity index (χ3v) is 4.52. The Kier molecular flexibility index (Phi) is 6.15. The van der Waals surface area contributed by atoms with Crippen molar-refractivity contribution >= 4 is 12.0 Å². The number of hydrogen-bond acceptors (Lipinski definition) is 5. The Balaban J connectivity index is 2.17. The molecule has 1 aliphatic carbocycles. The highest BCUT2D eigenvalue weighted by Crippen LogP contribution is 2.37. The Labute approximate surface area is 142 Å². The van der Waals surface area contributed by atoms with Crippen LogP contribution in [0.15, 0.2) is 18.2 Å². The Bertz CT molecular complexity index is 622. The first-order valence-corrected chi connectivity index (χ1v) is 8.32. The van der Waals surface area contributed by atoms with E-state index in [9.17, 15) is 25.2 Å². The van der Waals surface area contributed by atoms with E-state index >= 15 is 0 Å². The predicted molar refractivity (Wildman–Crippen MR) is 88.9 cm³/mol. The molecule has 0 bridgehead atoms. The van der Waals surface area contributed by atoms with Crippen LogP contribution in [-0.4, -0.2) is 33.5 Å². The minimum absolute atomic E-state index is 0.0713. The van der Waals surface area contributed by atoms with E-state index in [0.717, 1.165) is 28.7 Å². The van der Waals surface area contributed by atoms with Crippen molar-refractivity contribution in [3.8, 4) is 0 Å². The molecule has 5 nitrogen and oxygen atoms in total. The lowest BCUT2D eigenvalue weighted by Crippen LogP contribution is -2.29. The molecule has 1 aliphatic rings. The number of rotatable bonds is 6. The third kappa shape index (κ3) is 4.66. The van der Waals surface area contributed by atoms with Crippen LogP contribution in [0.3, 0.4) is 0 Å². The van der Waals surface area contributed by atoms with Crippen LogP contribution in [0.4, 0.5) is 0 Å². The molecule has 1 aromatic rings. The van der Waals surface area contributed by atoms with Crippen molar-refractivity contribution < 1.29 is 25.2 Å². The first kappa shape index (κ1) is 18.6. The van der Waals surface area contributed by atoms with Crippen molar-refractivity contribution in [1.29, 1.82) is 0 Å². The maximum atomic E-state index is 10.4. The zero-order valence-electron chi connectivity index (χ0n) is 14.1. The van der Waals surface area contributed by atoms with Crippen molar-refractivity contribution in [2.24, 2.45) is 5.92 Å². The number of carbonyl (C=O) groups is 1. The fraction of sp³-hybridized carbons (Fsp3) is 0.526. The summed E-state index contributed by atoms with van der Waals surface area (Å²) in [6.07, 6.45) is 1.71. The molecule has 1 aromatic carbocycles. The van der Waals surface area contributed by atoms with Crippen molar-refractivity contribution in [1.82, 2.24) is 0 Å². The highest BCUT2D eigenvalue weighted by atomic mass is 16.4. The van der Waals surface area contributed by atoms with Crippen LogP contribution in [0.25, 0.3) is 6.08 Å². The number of carboxylic acid groups (broad SMARTS) is 1. The first-order chi connectivity index (χ1) is 11.3. The van der Waals surface area contributed by atoms with Crippen molar-refractivity contribution in [2.75, 3.05) is 0 Å². The SMILES string of the molecule is Cc1ccc2c(c1/C=C/C(O)CC(O)CC(=O)[O-])C(O)C[C@H](C)C2. The number of aliphatic hydroxyl groups excluding tert-OH is 3. The molecule has 0 radical (unpaired) electrons. The number of hydrogen-bond donors (Lipinski definition) is 3. The van der Waals surface area contributed by atoms with E-state index in [0.29, 0.717) is 12.3 Å². The van der Waals surface area contributed by atoms with Crippen molar-refractivity contribution in [2.45, 2.75) is 57.8 Å². The van der Waals surface area contributed by atoms with E-state index in [1.165, 1.54) is 6.08 Å². The second kappa shape index (κ2) is 7.92. The molecule has 132 valence electrons. The summed E-state index contributed by atoms with van der Waals surface area (Å²) in [5.74, 6) is -0.915. The van der Waals surface area contributed by atoms with Crippen LogP contribution in [0.5, 0.6) is 0 Å². The molecular formula is C19H25O5-. The lowest BCUT2D eigenvalue weighted by Gasteiger charge is -2.29. The molecule has 3 unspecified atom stereocenters. The van der Waals surface area contributed by atoms with Gasteiger partial charge in [0.25, 0.3) is 0 Å². The Morgan fingerprint density at radius 3 is 2.79 bits per heavy atom. The zero-order valence-corrected chi connectivity index (χ0v) is 14.1. The average Bonchev–Trinajstić information content (AvgIpc) is 2.45. The number of aliphatic hydroxyl groups is 3. The Morgan fingerprint density at radius 2 is 2.12 bits per heavy atom. The van der Waals surface area contributed by atoms with E-state index in [-0.39, 0.29) is 6.42 Å². The second-order valence-corrected chi connectivity index (χ2v) is 6.82. The first-order valence-electron chi connectivity index (χ1n) is 8.32. The van der Waals surface area contributed by atoms with Crippen LogP contribution >= 0.6 is 0 Å². The van der Waals surface area contributed by atoms with Crippen LogP contribution < -0.4 is 5.11 Å². The van der Waals surface area contributed by atoms with Gasteiger partial charge in [-0.2, -0.15) is 0 Å². The lowest BCUT2D eigenvalue weighted by atomic mass is 9.79. The second-order valence-electron chi connectivity index (χ2n) is 6.82. The van der Waals surface area contributed by atoms with Crippen LogP contribution in [0, 0.1) is 12.8 Å². The molecule has 0 fully saturated rings. The molecule has 0 amide bonds. The van der Waals surface area contributed by atoms with Gasteiger partial charge in [-0.15, -0.1) is 0 Å². The fourth-order valence-electron chi connectivity index (χ4n) is 3.38. The van der Waals surface area contributed by atoms with Crippen LogP contribution in [0.2, 0.25) is 0 Å². The Hall–Kier alpha value is -1.69. The molecule has 0 heterocycles. The van der Waals surface area contributed by atoms with Gasteiger partial charge >= 0.3 is 0 Å². The molecule has 0 saturated heterocycles. The number of aliphatic carboxylic acids is 1. The molecule has 0 spiro atoms. The summed E-state index contributed by atoms with van der Waals surface area (Å²) in [5, 5.41) is 40.4. The van der Waals surface area contributed by atoms with Gasteiger partial charge in [0.05, 0.1) is 18.3 Å². The van der Waals surface area contributed by atoms with E-state index in [4.69, 9.17) is 0 Å². The quantitative estimate of drug-likeness (QED) is 0.717. The van der Waals surface area contributed by atoms with Gasteiger partial charge in [0, 0.05) is 18.8 Å². The molecule has 0 aromatic heterocycles. The Morgan fingerprint density at radius 1 is 1.42 bits per heavy atom. The van der Waals surface area contributed by atoms with Gasteiger partial charge in [-0.05, 0) is 47.9 Å². The van der Waals surface area contributed by atoms with E-state index in [1.807, 2.05) is 19.1 Å². The predicted octanol–water partition coefficient (Wildman–Crippen LogP) is 0.876. The minimum Gasteiger partial charge on any atom is -0.550 e. The monoisotopic (exact) mass is 333 g/mol. The van der Waals surface area contributed by atoms with Gasteiger partial charge in [0.1, 0.15) is 0 Å². The lowest BCUT2D eigenvalue weighted by molar-refractivity contribution is -0.307. The van der Waals surface area contributed by atoms with Crippen molar-refractivity contribution in [3.63, 3.8) is 0 Å². The maximum Gasteiger partial charge on any atom is 0.0801 e. The summed E-state index contributed by atoms with van der Waals surface area (Å²) in [6, 6.07) is 4.04.